The van der Waals surface area contributed by atoms with Crippen LogP contribution >= 0.6 is 0 Å². The lowest BCUT2D eigenvalue weighted by Crippen LogP contribution is -2.34. The van der Waals surface area contributed by atoms with Crippen molar-refractivity contribution in [2.24, 2.45) is 0 Å². The lowest BCUT2D eigenvalue weighted by molar-refractivity contribution is -0.120. The molecule has 0 saturated heterocycles. The predicted molar refractivity (Wildman–Crippen MR) is 85.6 cm³/mol. The van der Waals surface area contributed by atoms with Crippen LogP contribution in [-0.4, -0.2) is 17.6 Å². The first-order chi connectivity index (χ1) is 10.2. The van der Waals surface area contributed by atoms with Crippen molar-refractivity contribution in [1.29, 1.82) is 0 Å². The van der Waals surface area contributed by atoms with E-state index >= 15 is 0 Å². The van der Waals surface area contributed by atoms with Crippen LogP contribution in [0.1, 0.15) is 31.7 Å². The largest absolute Gasteiger partial charge is 0.508 e. The molecule has 2 rings (SSSR count). The third-order valence-corrected chi connectivity index (χ3v) is 3.63. The number of rotatable bonds is 5. The molecule has 0 aliphatic heterocycles. The summed E-state index contributed by atoms with van der Waals surface area (Å²) in [4.78, 5) is 14.6. The van der Waals surface area contributed by atoms with Gasteiger partial charge in [-0.1, -0.05) is 43.3 Å². The smallest absolute Gasteiger partial charge is 0.234 e. The van der Waals surface area contributed by atoms with Gasteiger partial charge in [0.1, 0.15) is 5.75 Å². The van der Waals surface area contributed by atoms with Gasteiger partial charge in [-0.05, 0) is 31.0 Å². The molecule has 0 bridgehead atoms. The molecular formula is C18H21NO2. The van der Waals surface area contributed by atoms with Gasteiger partial charge in [0.2, 0.25) is 5.91 Å². The van der Waals surface area contributed by atoms with Crippen LogP contribution in [0.5, 0.6) is 5.75 Å². The summed E-state index contributed by atoms with van der Waals surface area (Å²) in [6, 6.07) is 16.7. The molecule has 21 heavy (non-hydrogen) atoms. The molecule has 1 unspecified atom stereocenters. The Bertz CT molecular complexity index is 595. The number of hydrogen-bond acceptors (Lipinski definition) is 2. The van der Waals surface area contributed by atoms with Crippen LogP contribution in [0.3, 0.4) is 0 Å². The molecule has 0 saturated carbocycles. The maximum atomic E-state index is 12.9. The predicted octanol–water partition coefficient (Wildman–Crippen LogP) is 3.94. The molecule has 0 aliphatic rings. The Labute approximate surface area is 125 Å². The minimum atomic E-state index is -0.159. The highest BCUT2D eigenvalue weighted by Gasteiger charge is 2.24. The number of benzene rings is 2. The number of aromatic hydroxyl groups is 1. The molecule has 2 aromatic rings. The molecule has 0 heterocycles. The quantitative estimate of drug-likeness (QED) is 0.903. The fourth-order valence-corrected chi connectivity index (χ4v) is 2.55. The number of anilines is 1. The molecule has 0 aromatic heterocycles. The van der Waals surface area contributed by atoms with E-state index in [1.165, 1.54) is 0 Å². The van der Waals surface area contributed by atoms with Crippen LogP contribution in [0.15, 0.2) is 54.6 Å². The number of phenolic OH excluding ortho intramolecular Hbond substituents is 1. The van der Waals surface area contributed by atoms with Crippen LogP contribution in [0.4, 0.5) is 5.69 Å². The summed E-state index contributed by atoms with van der Waals surface area (Å²) in [5.74, 6) is 0.0804. The third-order valence-electron chi connectivity index (χ3n) is 3.63. The normalized spacial score (nSPS) is 11.9. The first-order valence-corrected chi connectivity index (χ1v) is 7.32. The van der Waals surface area contributed by atoms with Gasteiger partial charge in [-0.3, -0.25) is 4.79 Å². The number of nitrogens with zero attached hydrogens (tertiary/aromatic N) is 1. The van der Waals surface area contributed by atoms with Crippen LogP contribution in [0, 0.1) is 0 Å². The first-order valence-electron chi connectivity index (χ1n) is 7.32. The van der Waals surface area contributed by atoms with Gasteiger partial charge in [0.05, 0.1) is 5.92 Å². The molecule has 0 aliphatic carbocycles. The highest BCUT2D eigenvalue weighted by Crippen LogP contribution is 2.27. The molecule has 0 spiro atoms. The summed E-state index contributed by atoms with van der Waals surface area (Å²) in [6.45, 7) is 4.54. The van der Waals surface area contributed by atoms with E-state index in [0.717, 1.165) is 17.7 Å². The number of carbonyl (C=O) groups excluding carboxylic acids is 1. The molecular weight excluding hydrogens is 262 g/mol. The van der Waals surface area contributed by atoms with E-state index in [4.69, 9.17) is 0 Å². The summed E-state index contributed by atoms with van der Waals surface area (Å²) in [7, 11) is 0. The second-order valence-corrected chi connectivity index (χ2v) is 4.97. The van der Waals surface area contributed by atoms with E-state index < -0.39 is 0 Å². The van der Waals surface area contributed by atoms with E-state index in [0.29, 0.717) is 6.54 Å². The summed E-state index contributed by atoms with van der Waals surface area (Å²) < 4.78 is 0. The van der Waals surface area contributed by atoms with Gasteiger partial charge >= 0.3 is 0 Å². The van der Waals surface area contributed by atoms with E-state index in [2.05, 4.69) is 0 Å². The van der Waals surface area contributed by atoms with E-state index in [9.17, 15) is 9.90 Å². The highest BCUT2D eigenvalue weighted by atomic mass is 16.3. The zero-order valence-corrected chi connectivity index (χ0v) is 12.5. The summed E-state index contributed by atoms with van der Waals surface area (Å²) >= 11 is 0. The standard InChI is InChI=1S/C18H21NO2/c1-3-17(14-9-6-5-7-10-14)18(21)19(4-2)15-11-8-12-16(20)13-15/h5-13,17,20H,3-4H2,1-2H3. The second-order valence-electron chi connectivity index (χ2n) is 4.97. The fraction of sp³-hybridized carbons (Fsp3) is 0.278. The highest BCUT2D eigenvalue weighted by molar-refractivity contribution is 5.98. The van der Waals surface area contributed by atoms with Gasteiger partial charge in [0.15, 0.2) is 0 Å². The van der Waals surface area contributed by atoms with Crippen molar-refractivity contribution in [2.75, 3.05) is 11.4 Å². The molecule has 110 valence electrons. The topological polar surface area (TPSA) is 40.5 Å². The van der Waals surface area contributed by atoms with Gasteiger partial charge in [-0.25, -0.2) is 0 Å². The SMILES string of the molecule is CCC(C(=O)N(CC)c1cccc(O)c1)c1ccccc1. The number of likely N-dealkylation sites (N-methyl/N-ethyl adjacent to an activating group) is 1. The van der Waals surface area contributed by atoms with Crippen LogP contribution in [-0.2, 0) is 4.79 Å². The molecule has 0 fully saturated rings. The van der Waals surface area contributed by atoms with Crippen molar-refractivity contribution in [1.82, 2.24) is 0 Å². The zero-order valence-electron chi connectivity index (χ0n) is 12.5. The molecule has 3 heteroatoms. The zero-order chi connectivity index (χ0) is 15.2. The monoisotopic (exact) mass is 283 g/mol. The molecule has 2 aromatic carbocycles. The van der Waals surface area contributed by atoms with Gasteiger partial charge < -0.3 is 10.0 Å². The Morgan fingerprint density at radius 1 is 1.10 bits per heavy atom. The van der Waals surface area contributed by atoms with E-state index in [-0.39, 0.29) is 17.6 Å². The Balaban J connectivity index is 2.31. The van der Waals surface area contributed by atoms with E-state index in [1.54, 1.807) is 23.1 Å². The third kappa shape index (κ3) is 3.43. The van der Waals surface area contributed by atoms with Crippen molar-refractivity contribution < 1.29 is 9.90 Å². The molecule has 1 amide bonds. The average Bonchev–Trinajstić information content (AvgIpc) is 2.50. The molecule has 1 atom stereocenters. The molecule has 3 nitrogen and oxygen atoms in total. The van der Waals surface area contributed by atoms with Crippen molar-refractivity contribution in [2.45, 2.75) is 26.2 Å². The number of carbonyl (C=O) groups is 1. The van der Waals surface area contributed by atoms with Gasteiger partial charge in [-0.2, -0.15) is 0 Å². The Hall–Kier alpha value is -2.29. The molecule has 0 radical (unpaired) electrons. The Morgan fingerprint density at radius 2 is 1.81 bits per heavy atom. The maximum Gasteiger partial charge on any atom is 0.234 e. The van der Waals surface area contributed by atoms with Gasteiger partial charge in [-0.15, -0.1) is 0 Å². The van der Waals surface area contributed by atoms with Crippen molar-refractivity contribution in [3.05, 3.63) is 60.2 Å². The Kier molecular flexibility index (Phi) is 4.99. The lowest BCUT2D eigenvalue weighted by atomic mass is 9.95. The van der Waals surface area contributed by atoms with Crippen molar-refractivity contribution in [3.8, 4) is 5.75 Å². The second kappa shape index (κ2) is 6.93. The summed E-state index contributed by atoms with van der Waals surface area (Å²) in [6.07, 6.45) is 0.748. The number of hydrogen-bond donors (Lipinski definition) is 1. The fourth-order valence-electron chi connectivity index (χ4n) is 2.55. The van der Waals surface area contributed by atoms with Gasteiger partial charge in [0, 0.05) is 18.3 Å². The summed E-state index contributed by atoms with van der Waals surface area (Å²) in [5, 5.41) is 9.61. The van der Waals surface area contributed by atoms with Crippen molar-refractivity contribution in [3.63, 3.8) is 0 Å². The van der Waals surface area contributed by atoms with Crippen LogP contribution < -0.4 is 4.90 Å². The van der Waals surface area contributed by atoms with Gasteiger partial charge in [0.25, 0.3) is 0 Å². The maximum absolute atomic E-state index is 12.9. The average molecular weight is 283 g/mol. The van der Waals surface area contributed by atoms with Crippen LogP contribution in [0.25, 0.3) is 0 Å². The first kappa shape index (κ1) is 15.1. The molecule has 1 N–H and O–H groups in total. The van der Waals surface area contributed by atoms with Crippen LogP contribution in [0.2, 0.25) is 0 Å². The summed E-state index contributed by atoms with van der Waals surface area (Å²) in [5.41, 5.74) is 1.76. The minimum absolute atomic E-state index is 0.0665. The van der Waals surface area contributed by atoms with Crippen molar-refractivity contribution >= 4 is 11.6 Å². The minimum Gasteiger partial charge on any atom is -0.508 e. The number of phenols is 1. The Morgan fingerprint density at radius 3 is 2.38 bits per heavy atom. The number of amides is 1. The lowest BCUT2D eigenvalue weighted by Gasteiger charge is -2.26. The van der Waals surface area contributed by atoms with E-state index in [1.807, 2.05) is 50.2 Å².